The quantitative estimate of drug-likeness (QED) is 0.836. The Morgan fingerprint density at radius 2 is 1.96 bits per heavy atom. The average molecular weight is 313 g/mol. The monoisotopic (exact) mass is 313 g/mol. The maximum atomic E-state index is 12.6. The standard InChI is InChI=1S/C19H27N3O/c1-2-21(17-11-7-4-8-12-17)15-19(23)22-14-13-18(20-22)16-9-5-3-6-10-16/h3,5-6,9-10,17H,2,4,7-8,11-15H2,1H3. The molecule has 1 aliphatic heterocycles. The molecule has 4 nitrogen and oxygen atoms in total. The molecule has 1 amide bonds. The summed E-state index contributed by atoms with van der Waals surface area (Å²) in [6.45, 7) is 4.32. The zero-order chi connectivity index (χ0) is 16.1. The Labute approximate surface area is 139 Å². The van der Waals surface area contributed by atoms with E-state index in [1.165, 1.54) is 32.1 Å². The van der Waals surface area contributed by atoms with Crippen molar-refractivity contribution in [3.8, 4) is 0 Å². The van der Waals surface area contributed by atoms with Crippen LogP contribution in [-0.2, 0) is 4.79 Å². The number of carbonyl (C=O) groups excluding carboxylic acids is 1. The second kappa shape index (κ2) is 7.73. The maximum absolute atomic E-state index is 12.6. The summed E-state index contributed by atoms with van der Waals surface area (Å²) in [4.78, 5) is 15.0. The van der Waals surface area contributed by atoms with E-state index in [1.807, 2.05) is 18.2 Å². The van der Waals surface area contributed by atoms with Crippen LogP contribution < -0.4 is 0 Å². The molecule has 4 heteroatoms. The first-order chi connectivity index (χ1) is 11.3. The zero-order valence-electron chi connectivity index (χ0n) is 14.1. The molecule has 1 saturated carbocycles. The minimum Gasteiger partial charge on any atom is -0.292 e. The van der Waals surface area contributed by atoms with Crippen LogP contribution in [0.5, 0.6) is 0 Å². The lowest BCUT2D eigenvalue weighted by atomic mass is 9.94. The highest BCUT2D eigenvalue weighted by molar-refractivity contribution is 6.02. The van der Waals surface area contributed by atoms with Gasteiger partial charge in [-0.25, -0.2) is 5.01 Å². The number of hydrogen-bond donors (Lipinski definition) is 0. The molecule has 0 unspecified atom stereocenters. The van der Waals surface area contributed by atoms with Gasteiger partial charge in [-0.15, -0.1) is 0 Å². The molecule has 124 valence electrons. The highest BCUT2D eigenvalue weighted by Crippen LogP contribution is 2.23. The van der Waals surface area contributed by atoms with Crippen molar-refractivity contribution in [2.45, 2.75) is 51.5 Å². The average Bonchev–Trinajstić information content (AvgIpc) is 3.11. The first-order valence-electron chi connectivity index (χ1n) is 8.95. The van der Waals surface area contributed by atoms with Gasteiger partial charge in [0.2, 0.25) is 0 Å². The highest BCUT2D eigenvalue weighted by Gasteiger charge is 2.26. The van der Waals surface area contributed by atoms with Crippen LogP contribution in [0.2, 0.25) is 0 Å². The van der Waals surface area contributed by atoms with E-state index < -0.39 is 0 Å². The van der Waals surface area contributed by atoms with Crippen LogP contribution >= 0.6 is 0 Å². The second-order valence-corrected chi connectivity index (χ2v) is 6.53. The number of benzene rings is 1. The fraction of sp³-hybridized carbons (Fsp3) is 0.579. The Bertz CT molecular complexity index is 549. The Kier molecular flexibility index (Phi) is 5.44. The molecule has 0 radical (unpaired) electrons. The number of carbonyl (C=O) groups is 1. The normalized spacial score (nSPS) is 19.2. The van der Waals surface area contributed by atoms with Gasteiger partial charge >= 0.3 is 0 Å². The Morgan fingerprint density at radius 3 is 2.65 bits per heavy atom. The van der Waals surface area contributed by atoms with E-state index in [9.17, 15) is 4.79 Å². The number of nitrogens with zero attached hydrogens (tertiary/aromatic N) is 3. The van der Waals surface area contributed by atoms with Crippen LogP contribution in [0.25, 0.3) is 0 Å². The van der Waals surface area contributed by atoms with Gasteiger partial charge in [0.05, 0.1) is 18.8 Å². The van der Waals surface area contributed by atoms with Crippen molar-refractivity contribution in [2.75, 3.05) is 19.6 Å². The van der Waals surface area contributed by atoms with E-state index >= 15 is 0 Å². The van der Waals surface area contributed by atoms with Crippen molar-refractivity contribution in [1.29, 1.82) is 0 Å². The maximum Gasteiger partial charge on any atom is 0.256 e. The molecule has 0 spiro atoms. The second-order valence-electron chi connectivity index (χ2n) is 6.53. The van der Waals surface area contributed by atoms with Gasteiger partial charge in [-0.2, -0.15) is 5.10 Å². The largest absolute Gasteiger partial charge is 0.292 e. The predicted octanol–water partition coefficient (Wildman–Crippen LogP) is 3.28. The van der Waals surface area contributed by atoms with Gasteiger partial charge in [0, 0.05) is 12.5 Å². The minimum absolute atomic E-state index is 0.142. The van der Waals surface area contributed by atoms with Crippen molar-refractivity contribution in [3.05, 3.63) is 35.9 Å². The van der Waals surface area contributed by atoms with Crippen LogP contribution in [-0.4, -0.2) is 47.2 Å². The number of rotatable bonds is 5. The molecular formula is C19H27N3O. The minimum atomic E-state index is 0.142. The molecule has 23 heavy (non-hydrogen) atoms. The van der Waals surface area contributed by atoms with E-state index in [-0.39, 0.29) is 5.91 Å². The third-order valence-corrected chi connectivity index (χ3v) is 5.03. The fourth-order valence-corrected chi connectivity index (χ4v) is 3.67. The fourth-order valence-electron chi connectivity index (χ4n) is 3.67. The van der Waals surface area contributed by atoms with Gasteiger partial charge in [0.25, 0.3) is 5.91 Å². The van der Waals surface area contributed by atoms with Crippen molar-refractivity contribution in [3.63, 3.8) is 0 Å². The number of hydrazone groups is 1. The first kappa shape index (κ1) is 16.2. The summed E-state index contributed by atoms with van der Waals surface area (Å²) >= 11 is 0. The SMILES string of the molecule is CCN(CC(=O)N1CCC(c2ccccc2)=N1)C1CCCCC1. The van der Waals surface area contributed by atoms with E-state index in [0.717, 1.165) is 24.2 Å². The molecular weight excluding hydrogens is 286 g/mol. The summed E-state index contributed by atoms with van der Waals surface area (Å²) in [6, 6.07) is 10.7. The van der Waals surface area contributed by atoms with Gasteiger partial charge in [0.1, 0.15) is 0 Å². The van der Waals surface area contributed by atoms with Gasteiger partial charge in [-0.3, -0.25) is 9.69 Å². The zero-order valence-corrected chi connectivity index (χ0v) is 14.1. The Morgan fingerprint density at radius 1 is 1.22 bits per heavy atom. The lowest BCUT2D eigenvalue weighted by Gasteiger charge is -2.33. The molecule has 0 saturated heterocycles. The molecule has 1 heterocycles. The highest BCUT2D eigenvalue weighted by atomic mass is 16.2. The van der Waals surface area contributed by atoms with Crippen LogP contribution in [0.1, 0.15) is 51.0 Å². The van der Waals surface area contributed by atoms with E-state index in [2.05, 4.69) is 29.1 Å². The Balaban J connectivity index is 1.60. The Hall–Kier alpha value is -1.68. The van der Waals surface area contributed by atoms with Crippen LogP contribution in [0, 0.1) is 0 Å². The van der Waals surface area contributed by atoms with Gasteiger partial charge < -0.3 is 0 Å². The first-order valence-corrected chi connectivity index (χ1v) is 8.95. The molecule has 0 atom stereocenters. The molecule has 1 aliphatic carbocycles. The molecule has 1 aromatic rings. The smallest absolute Gasteiger partial charge is 0.256 e. The van der Waals surface area contributed by atoms with Gasteiger partial charge in [-0.1, -0.05) is 56.5 Å². The summed E-state index contributed by atoms with van der Waals surface area (Å²) in [5.41, 5.74) is 2.15. The molecule has 0 bridgehead atoms. The third kappa shape index (κ3) is 3.99. The van der Waals surface area contributed by atoms with Gasteiger partial charge in [0.15, 0.2) is 0 Å². The van der Waals surface area contributed by atoms with Crippen molar-refractivity contribution < 1.29 is 4.79 Å². The van der Waals surface area contributed by atoms with Crippen molar-refractivity contribution in [1.82, 2.24) is 9.91 Å². The van der Waals surface area contributed by atoms with Gasteiger partial charge in [-0.05, 0) is 24.9 Å². The summed E-state index contributed by atoms with van der Waals surface area (Å²) in [6.07, 6.45) is 7.27. The van der Waals surface area contributed by atoms with E-state index in [1.54, 1.807) is 5.01 Å². The van der Waals surface area contributed by atoms with Crippen LogP contribution in [0.4, 0.5) is 0 Å². The lowest BCUT2D eigenvalue weighted by molar-refractivity contribution is -0.132. The topological polar surface area (TPSA) is 35.9 Å². The molecule has 3 rings (SSSR count). The molecule has 0 N–H and O–H groups in total. The molecule has 0 aromatic heterocycles. The summed E-state index contributed by atoms with van der Waals surface area (Å²) in [7, 11) is 0. The van der Waals surface area contributed by atoms with Crippen molar-refractivity contribution in [2.24, 2.45) is 5.10 Å². The van der Waals surface area contributed by atoms with E-state index in [4.69, 9.17) is 0 Å². The summed E-state index contributed by atoms with van der Waals surface area (Å²) in [5.74, 6) is 0.142. The number of hydrogen-bond acceptors (Lipinski definition) is 3. The van der Waals surface area contributed by atoms with Crippen molar-refractivity contribution >= 4 is 11.6 Å². The van der Waals surface area contributed by atoms with Crippen LogP contribution in [0.15, 0.2) is 35.4 Å². The number of amides is 1. The molecule has 1 fully saturated rings. The van der Waals surface area contributed by atoms with E-state index in [0.29, 0.717) is 19.1 Å². The summed E-state index contributed by atoms with van der Waals surface area (Å²) in [5, 5.41) is 6.24. The number of likely N-dealkylation sites (N-methyl/N-ethyl adjacent to an activating group) is 1. The predicted molar refractivity (Wildman–Crippen MR) is 93.4 cm³/mol. The molecule has 2 aliphatic rings. The lowest BCUT2D eigenvalue weighted by Crippen LogP contribution is -2.43. The third-order valence-electron chi connectivity index (χ3n) is 5.03. The molecule has 1 aromatic carbocycles. The van der Waals surface area contributed by atoms with Crippen LogP contribution in [0.3, 0.4) is 0 Å². The summed E-state index contributed by atoms with van der Waals surface area (Å²) < 4.78 is 0.